The predicted octanol–water partition coefficient (Wildman–Crippen LogP) is 2.06. The zero-order valence-electron chi connectivity index (χ0n) is 9.95. The first-order chi connectivity index (χ1) is 7.63. The van der Waals surface area contributed by atoms with Gasteiger partial charge in [0.1, 0.15) is 5.01 Å². The number of thiazole rings is 1. The summed E-state index contributed by atoms with van der Waals surface area (Å²) in [6.07, 6.45) is 2.27. The van der Waals surface area contributed by atoms with E-state index < -0.39 is 0 Å². The molecule has 1 rings (SSSR count). The van der Waals surface area contributed by atoms with Crippen molar-refractivity contribution in [3.63, 3.8) is 0 Å². The molecule has 0 amide bonds. The maximum absolute atomic E-state index is 11.1. The quantitative estimate of drug-likeness (QED) is 0.776. The van der Waals surface area contributed by atoms with Crippen LogP contribution in [0.1, 0.15) is 36.2 Å². The number of aryl methyl sites for hydroxylation is 1. The molecule has 4 nitrogen and oxygen atoms in total. The van der Waals surface area contributed by atoms with Crippen LogP contribution in [0.2, 0.25) is 0 Å². The van der Waals surface area contributed by atoms with E-state index in [-0.39, 0.29) is 12.0 Å². The number of hydrogen-bond donors (Lipinski definition) is 1. The van der Waals surface area contributed by atoms with Gasteiger partial charge in [-0.05, 0) is 20.8 Å². The predicted molar refractivity (Wildman–Crippen MR) is 64.5 cm³/mol. The molecule has 1 aromatic rings. The summed E-state index contributed by atoms with van der Waals surface area (Å²) in [6, 6.07) is 0.188. The lowest BCUT2D eigenvalue weighted by atomic mass is 10.3. The number of ether oxygens (including phenoxy) is 1. The highest BCUT2D eigenvalue weighted by atomic mass is 32.1. The van der Waals surface area contributed by atoms with Crippen molar-refractivity contribution in [1.29, 1.82) is 0 Å². The van der Waals surface area contributed by atoms with E-state index in [2.05, 4.69) is 10.3 Å². The third-order valence-electron chi connectivity index (χ3n) is 2.09. The van der Waals surface area contributed by atoms with Gasteiger partial charge in [0.25, 0.3) is 0 Å². The number of carbonyl (C=O) groups excluding carboxylic acids is 1. The normalized spacial score (nSPS) is 12.4. The number of esters is 1. The van der Waals surface area contributed by atoms with E-state index in [4.69, 9.17) is 4.74 Å². The van der Waals surface area contributed by atoms with Crippen molar-refractivity contribution in [2.45, 2.75) is 33.2 Å². The van der Waals surface area contributed by atoms with Crippen molar-refractivity contribution in [1.82, 2.24) is 10.3 Å². The van der Waals surface area contributed by atoms with Gasteiger partial charge in [-0.2, -0.15) is 0 Å². The van der Waals surface area contributed by atoms with E-state index in [0.29, 0.717) is 19.6 Å². The first-order valence-corrected chi connectivity index (χ1v) is 6.26. The zero-order chi connectivity index (χ0) is 12.0. The molecule has 1 heterocycles. The molecule has 0 bridgehead atoms. The van der Waals surface area contributed by atoms with E-state index >= 15 is 0 Å². The average molecular weight is 242 g/mol. The van der Waals surface area contributed by atoms with Crippen LogP contribution in [0.25, 0.3) is 0 Å². The third-order valence-corrected chi connectivity index (χ3v) is 3.19. The number of nitrogens with zero attached hydrogens (tertiary/aromatic N) is 1. The van der Waals surface area contributed by atoms with Crippen LogP contribution in [-0.2, 0) is 9.53 Å². The molecule has 1 aromatic heterocycles. The van der Waals surface area contributed by atoms with E-state index in [9.17, 15) is 4.79 Å². The Labute approximate surface area is 100 Å². The first-order valence-electron chi connectivity index (χ1n) is 5.44. The number of rotatable bonds is 6. The van der Waals surface area contributed by atoms with Gasteiger partial charge in [-0.3, -0.25) is 4.79 Å². The summed E-state index contributed by atoms with van der Waals surface area (Å²) in [6.45, 7) is 6.96. The molecule has 90 valence electrons. The molecule has 1 unspecified atom stereocenters. The van der Waals surface area contributed by atoms with Gasteiger partial charge in [0.05, 0.1) is 19.1 Å². The molecule has 0 radical (unpaired) electrons. The van der Waals surface area contributed by atoms with Crippen molar-refractivity contribution < 1.29 is 9.53 Å². The lowest BCUT2D eigenvalue weighted by molar-refractivity contribution is -0.143. The minimum Gasteiger partial charge on any atom is -0.466 e. The smallest absolute Gasteiger partial charge is 0.307 e. The van der Waals surface area contributed by atoms with Gasteiger partial charge >= 0.3 is 5.97 Å². The zero-order valence-corrected chi connectivity index (χ0v) is 10.8. The van der Waals surface area contributed by atoms with E-state index in [0.717, 1.165) is 5.01 Å². The number of aromatic nitrogens is 1. The highest BCUT2D eigenvalue weighted by Crippen LogP contribution is 2.18. The van der Waals surface area contributed by atoms with Gasteiger partial charge in [0.2, 0.25) is 0 Å². The van der Waals surface area contributed by atoms with Crippen LogP contribution in [0.3, 0.4) is 0 Å². The number of carbonyl (C=O) groups is 1. The van der Waals surface area contributed by atoms with Crippen LogP contribution >= 0.6 is 11.3 Å². The van der Waals surface area contributed by atoms with E-state index in [1.807, 2.05) is 27.0 Å². The largest absolute Gasteiger partial charge is 0.466 e. The standard InChI is InChI=1S/C11H18N2O2S/c1-4-15-10(14)5-6-12-9(3)11-13-7-8(2)16-11/h7,9,12H,4-6H2,1-3H3. The van der Waals surface area contributed by atoms with Crippen molar-refractivity contribution in [2.24, 2.45) is 0 Å². The Balaban J connectivity index is 2.25. The molecule has 16 heavy (non-hydrogen) atoms. The third kappa shape index (κ3) is 4.28. The fourth-order valence-electron chi connectivity index (χ4n) is 1.28. The van der Waals surface area contributed by atoms with Crippen molar-refractivity contribution in [2.75, 3.05) is 13.2 Å². The molecule has 1 N–H and O–H groups in total. The highest BCUT2D eigenvalue weighted by Gasteiger charge is 2.09. The van der Waals surface area contributed by atoms with Crippen LogP contribution < -0.4 is 5.32 Å². The molecule has 0 aliphatic heterocycles. The lowest BCUT2D eigenvalue weighted by Gasteiger charge is -2.10. The number of nitrogens with one attached hydrogen (secondary N) is 1. The lowest BCUT2D eigenvalue weighted by Crippen LogP contribution is -2.22. The second-order valence-electron chi connectivity index (χ2n) is 3.54. The van der Waals surface area contributed by atoms with E-state index in [1.165, 1.54) is 4.88 Å². The van der Waals surface area contributed by atoms with Gasteiger partial charge in [-0.25, -0.2) is 4.98 Å². The molecule has 0 aliphatic carbocycles. The Hall–Kier alpha value is -0.940. The summed E-state index contributed by atoms with van der Waals surface area (Å²) in [4.78, 5) is 16.6. The van der Waals surface area contributed by atoms with Crippen LogP contribution in [0.4, 0.5) is 0 Å². The molecular formula is C11H18N2O2S. The van der Waals surface area contributed by atoms with Crippen LogP contribution in [0.5, 0.6) is 0 Å². The second kappa shape index (κ2) is 6.60. The summed E-state index contributed by atoms with van der Waals surface area (Å²) in [7, 11) is 0. The van der Waals surface area contributed by atoms with Gasteiger partial charge in [-0.1, -0.05) is 0 Å². The molecule has 0 saturated heterocycles. The Kier molecular flexibility index (Phi) is 5.42. The van der Waals surface area contributed by atoms with Crippen LogP contribution in [0, 0.1) is 6.92 Å². The van der Waals surface area contributed by atoms with Crippen LogP contribution in [-0.4, -0.2) is 24.1 Å². The van der Waals surface area contributed by atoms with Crippen molar-refractivity contribution in [3.8, 4) is 0 Å². The van der Waals surface area contributed by atoms with Crippen molar-refractivity contribution >= 4 is 17.3 Å². The molecular weight excluding hydrogens is 224 g/mol. The topological polar surface area (TPSA) is 51.2 Å². The Bertz CT molecular complexity index is 338. The molecule has 0 fully saturated rings. The minimum absolute atomic E-state index is 0.155. The molecule has 0 spiro atoms. The molecule has 0 saturated carbocycles. The molecule has 0 aromatic carbocycles. The van der Waals surface area contributed by atoms with Gasteiger partial charge in [0, 0.05) is 17.6 Å². The van der Waals surface area contributed by atoms with E-state index in [1.54, 1.807) is 11.3 Å². The molecule has 5 heteroatoms. The molecule has 1 atom stereocenters. The Morgan fingerprint density at radius 2 is 2.44 bits per heavy atom. The molecule has 0 aliphatic rings. The second-order valence-corrected chi connectivity index (χ2v) is 4.81. The monoisotopic (exact) mass is 242 g/mol. The summed E-state index contributed by atoms with van der Waals surface area (Å²) in [5, 5.41) is 4.31. The fraction of sp³-hybridized carbons (Fsp3) is 0.636. The first kappa shape index (κ1) is 13.1. The summed E-state index contributed by atoms with van der Waals surface area (Å²) in [5.41, 5.74) is 0. The minimum atomic E-state index is -0.155. The van der Waals surface area contributed by atoms with Gasteiger partial charge < -0.3 is 10.1 Å². The van der Waals surface area contributed by atoms with Gasteiger partial charge in [-0.15, -0.1) is 11.3 Å². The Morgan fingerprint density at radius 1 is 1.69 bits per heavy atom. The summed E-state index contributed by atoms with van der Waals surface area (Å²) >= 11 is 1.68. The van der Waals surface area contributed by atoms with Crippen LogP contribution in [0.15, 0.2) is 6.20 Å². The van der Waals surface area contributed by atoms with Crippen molar-refractivity contribution in [3.05, 3.63) is 16.1 Å². The maximum atomic E-state index is 11.1. The SMILES string of the molecule is CCOC(=O)CCNC(C)c1ncc(C)s1. The summed E-state index contributed by atoms with van der Waals surface area (Å²) < 4.78 is 4.84. The summed E-state index contributed by atoms with van der Waals surface area (Å²) in [5.74, 6) is -0.155. The maximum Gasteiger partial charge on any atom is 0.307 e. The van der Waals surface area contributed by atoms with Gasteiger partial charge in [0.15, 0.2) is 0 Å². The average Bonchev–Trinajstić information content (AvgIpc) is 2.65. The Morgan fingerprint density at radius 3 is 3.00 bits per heavy atom. The fourth-order valence-corrected chi connectivity index (χ4v) is 2.08. The number of hydrogen-bond acceptors (Lipinski definition) is 5. The highest BCUT2D eigenvalue weighted by molar-refractivity contribution is 7.11.